The van der Waals surface area contributed by atoms with E-state index in [0.29, 0.717) is 23.7 Å². The van der Waals surface area contributed by atoms with Crippen LogP contribution in [0.15, 0.2) is 30.3 Å². The first kappa shape index (κ1) is 35.2. The van der Waals surface area contributed by atoms with Crippen LogP contribution in [0.3, 0.4) is 0 Å². The van der Waals surface area contributed by atoms with E-state index >= 15 is 0 Å². The molecule has 5 amide bonds. The summed E-state index contributed by atoms with van der Waals surface area (Å²) >= 11 is 6.22. The summed E-state index contributed by atoms with van der Waals surface area (Å²) in [4.78, 5) is 74.4. The second kappa shape index (κ2) is 14.4. The van der Waals surface area contributed by atoms with Gasteiger partial charge < -0.3 is 26.2 Å². The van der Waals surface area contributed by atoms with Crippen molar-refractivity contribution < 1.29 is 28.8 Å². The van der Waals surface area contributed by atoms with Crippen molar-refractivity contribution in [2.24, 2.45) is 11.3 Å². The minimum Gasteiger partial charge on any atom is -0.347 e. The van der Waals surface area contributed by atoms with Gasteiger partial charge in [0.2, 0.25) is 17.6 Å². The number of ketones is 1. The molecule has 1 aromatic rings. The zero-order chi connectivity index (χ0) is 33.8. The molecule has 1 aliphatic carbocycles. The summed E-state index contributed by atoms with van der Waals surface area (Å²) in [6, 6.07) is 3.58. The number of hydroxylamine groups is 1. The number of rotatable bonds is 12. The van der Waals surface area contributed by atoms with Gasteiger partial charge in [0.1, 0.15) is 17.7 Å². The molecule has 1 spiro atoms. The number of carbonyl (C=O) groups excluding carboxylic acids is 5. The molecule has 2 aliphatic heterocycles. The lowest BCUT2D eigenvalue weighted by Gasteiger charge is -2.35. The molecule has 1 saturated heterocycles. The van der Waals surface area contributed by atoms with E-state index in [1.165, 1.54) is 4.90 Å². The van der Waals surface area contributed by atoms with Crippen LogP contribution in [0.25, 0.3) is 5.70 Å². The number of hydrogen-bond acceptors (Lipinski definition) is 7. The second-order valence-corrected chi connectivity index (χ2v) is 14.5. The van der Waals surface area contributed by atoms with Gasteiger partial charge in [0.15, 0.2) is 0 Å². The standard InChI is InChI=1S/C33H47ClN6O6/c1-7-9-23(26(41)29(43)36-22-12-13-22)37-28(42)25-16-33(15-24(39-46-33)20-10-8-11-21(34)14-20)18-40(25)30(44)27(32(4,5)6)38-31(45)35-17-19(2)3/h8,10-11,14-15,19,22-23,25,27,39H,7,9,12-13,16-18H2,1-6H3,(H,36,43)(H,37,42)(H2,35,38,45)/t23-,25-,27+,33+/m0/s1. The van der Waals surface area contributed by atoms with Crippen LogP contribution in [0.5, 0.6) is 0 Å². The zero-order valence-corrected chi connectivity index (χ0v) is 28.3. The van der Waals surface area contributed by atoms with E-state index in [1.54, 1.807) is 18.2 Å². The van der Waals surface area contributed by atoms with Gasteiger partial charge in [0.25, 0.3) is 5.91 Å². The van der Waals surface area contributed by atoms with Crippen LogP contribution in [0.2, 0.25) is 5.02 Å². The Bertz CT molecular complexity index is 1370. The number of carbonyl (C=O) groups is 5. The molecule has 0 unspecified atom stereocenters. The van der Waals surface area contributed by atoms with Gasteiger partial charge in [0.05, 0.1) is 18.3 Å². The Morgan fingerprint density at radius 3 is 2.46 bits per heavy atom. The first-order valence-electron chi connectivity index (χ1n) is 16.0. The number of hydrogen-bond donors (Lipinski definition) is 5. The summed E-state index contributed by atoms with van der Waals surface area (Å²) in [5.74, 6) is -2.29. The average Bonchev–Trinajstić information content (AvgIpc) is 3.58. The maximum atomic E-state index is 14.4. The minimum absolute atomic E-state index is 0.00256. The molecular formula is C33H47ClN6O6. The van der Waals surface area contributed by atoms with Gasteiger partial charge >= 0.3 is 6.03 Å². The SMILES string of the molecule is CCC[C@H](NC(=O)[C@@H]1C[C@]2(C=C(c3cccc(Cl)c3)NO2)CN1C(=O)[C@@H](NC(=O)NCC(C)C)C(C)(C)C)C(=O)C(=O)NC1CC1. The van der Waals surface area contributed by atoms with Crippen LogP contribution in [-0.4, -0.2) is 77.3 Å². The zero-order valence-electron chi connectivity index (χ0n) is 27.5. The highest BCUT2D eigenvalue weighted by molar-refractivity contribution is 6.38. The smallest absolute Gasteiger partial charge is 0.315 e. The molecule has 46 heavy (non-hydrogen) atoms. The first-order valence-corrected chi connectivity index (χ1v) is 16.4. The third-order valence-electron chi connectivity index (χ3n) is 8.25. The molecule has 0 aromatic heterocycles. The molecule has 0 radical (unpaired) electrons. The van der Waals surface area contributed by atoms with Gasteiger partial charge in [-0.05, 0) is 48.8 Å². The number of likely N-dealkylation sites (tertiary alicyclic amines) is 1. The van der Waals surface area contributed by atoms with Crippen molar-refractivity contribution in [2.45, 2.75) is 103 Å². The van der Waals surface area contributed by atoms with E-state index in [4.69, 9.17) is 16.4 Å². The summed E-state index contributed by atoms with van der Waals surface area (Å²) in [5.41, 5.74) is 2.52. The lowest BCUT2D eigenvalue weighted by Crippen LogP contribution is -2.60. The molecule has 13 heteroatoms. The fourth-order valence-electron chi connectivity index (χ4n) is 5.58. The molecule has 1 saturated carbocycles. The Hall–Kier alpha value is -3.64. The van der Waals surface area contributed by atoms with Crippen LogP contribution in [-0.2, 0) is 24.0 Å². The summed E-state index contributed by atoms with van der Waals surface area (Å²) in [6.07, 6.45) is 4.35. The molecule has 3 aliphatic rings. The number of nitrogens with zero attached hydrogens (tertiary/aromatic N) is 1. The Morgan fingerprint density at radius 2 is 1.85 bits per heavy atom. The van der Waals surface area contributed by atoms with E-state index < -0.39 is 58.7 Å². The summed E-state index contributed by atoms with van der Waals surface area (Å²) < 4.78 is 0. The van der Waals surface area contributed by atoms with Crippen LogP contribution in [0.1, 0.15) is 79.2 Å². The summed E-state index contributed by atoms with van der Waals surface area (Å²) in [6.45, 7) is 11.7. The van der Waals surface area contributed by atoms with Gasteiger partial charge in [-0.15, -0.1) is 0 Å². The first-order chi connectivity index (χ1) is 21.6. The molecule has 1 aromatic carbocycles. The van der Waals surface area contributed by atoms with Crippen molar-refractivity contribution >= 4 is 46.8 Å². The largest absolute Gasteiger partial charge is 0.347 e. The third kappa shape index (κ3) is 8.79. The van der Waals surface area contributed by atoms with Gasteiger partial charge in [-0.2, -0.15) is 0 Å². The highest BCUT2D eigenvalue weighted by Gasteiger charge is 2.54. The molecular weight excluding hydrogens is 612 g/mol. The molecule has 4 atom stereocenters. The van der Waals surface area contributed by atoms with Gasteiger partial charge in [-0.1, -0.05) is 71.7 Å². The van der Waals surface area contributed by atoms with Crippen LogP contribution in [0.4, 0.5) is 4.79 Å². The van der Waals surface area contributed by atoms with E-state index in [9.17, 15) is 24.0 Å². The van der Waals surface area contributed by atoms with E-state index in [0.717, 1.165) is 18.4 Å². The molecule has 2 fully saturated rings. The number of nitrogens with one attached hydrogen (secondary N) is 5. The predicted octanol–water partition coefficient (Wildman–Crippen LogP) is 3.06. The third-order valence-corrected chi connectivity index (χ3v) is 8.49. The number of Topliss-reactive ketones (excluding diaryl/α,β-unsaturated/α-hetero) is 1. The quantitative estimate of drug-likeness (QED) is 0.216. The lowest BCUT2D eigenvalue weighted by atomic mass is 9.85. The van der Waals surface area contributed by atoms with Gasteiger partial charge in [-0.25, -0.2) is 4.79 Å². The predicted molar refractivity (Wildman–Crippen MR) is 174 cm³/mol. The molecule has 5 N–H and O–H groups in total. The van der Waals surface area contributed by atoms with Gasteiger partial charge in [0, 0.05) is 29.6 Å². The summed E-state index contributed by atoms with van der Waals surface area (Å²) in [5, 5.41) is 11.6. The minimum atomic E-state index is -1.09. The normalized spacial score (nSPS) is 22.1. The Balaban J connectivity index is 1.63. The Labute approximate surface area is 275 Å². The number of halogens is 1. The number of amides is 5. The topological polar surface area (TPSA) is 158 Å². The molecule has 0 bridgehead atoms. The molecule has 252 valence electrons. The van der Waals surface area contributed by atoms with E-state index in [-0.39, 0.29) is 31.3 Å². The van der Waals surface area contributed by atoms with Gasteiger partial charge in [-0.3, -0.25) is 29.5 Å². The van der Waals surface area contributed by atoms with Crippen LogP contribution in [0, 0.1) is 11.3 Å². The molecule has 2 heterocycles. The van der Waals surface area contributed by atoms with Crippen molar-refractivity contribution in [3.63, 3.8) is 0 Å². The summed E-state index contributed by atoms with van der Waals surface area (Å²) in [7, 11) is 0. The number of benzene rings is 1. The van der Waals surface area contributed by atoms with Crippen molar-refractivity contribution in [3.05, 3.63) is 40.9 Å². The molecule has 12 nitrogen and oxygen atoms in total. The lowest BCUT2D eigenvalue weighted by molar-refractivity contribution is -0.144. The average molecular weight is 659 g/mol. The maximum Gasteiger partial charge on any atom is 0.315 e. The van der Waals surface area contributed by atoms with Crippen molar-refractivity contribution in [1.29, 1.82) is 0 Å². The van der Waals surface area contributed by atoms with E-state index in [1.807, 2.05) is 53.7 Å². The highest BCUT2D eigenvalue weighted by Crippen LogP contribution is 2.39. The van der Waals surface area contributed by atoms with Crippen molar-refractivity contribution in [2.75, 3.05) is 13.1 Å². The fourth-order valence-corrected chi connectivity index (χ4v) is 5.77. The van der Waals surface area contributed by atoms with E-state index in [2.05, 4.69) is 26.7 Å². The van der Waals surface area contributed by atoms with Crippen molar-refractivity contribution in [1.82, 2.24) is 31.6 Å². The van der Waals surface area contributed by atoms with Crippen molar-refractivity contribution in [3.8, 4) is 0 Å². The Kier molecular flexibility index (Phi) is 11.0. The number of urea groups is 1. The van der Waals surface area contributed by atoms with Crippen LogP contribution >= 0.6 is 11.6 Å². The molecule has 4 rings (SSSR count). The maximum absolute atomic E-state index is 14.4. The monoisotopic (exact) mass is 658 g/mol. The highest BCUT2D eigenvalue weighted by atomic mass is 35.5. The fraction of sp³-hybridized carbons (Fsp3) is 0.606. The second-order valence-electron chi connectivity index (χ2n) is 14.0. The Morgan fingerprint density at radius 1 is 1.13 bits per heavy atom. The van der Waals surface area contributed by atoms with Crippen LogP contribution < -0.4 is 26.7 Å².